The van der Waals surface area contributed by atoms with Crippen molar-refractivity contribution in [3.05, 3.63) is 0 Å². The summed E-state index contributed by atoms with van der Waals surface area (Å²) in [5.41, 5.74) is 0. The van der Waals surface area contributed by atoms with Gasteiger partial charge in [-0.15, -0.1) is 0 Å². The van der Waals surface area contributed by atoms with Gasteiger partial charge in [0.1, 0.15) is 0 Å². The lowest BCUT2D eigenvalue weighted by atomic mass is 10.0. The molecule has 1 heteroatoms. The van der Waals surface area contributed by atoms with Crippen LogP contribution < -0.4 is 0 Å². The maximum Gasteiger partial charge on any atom is 0.0537 e. The maximum absolute atomic E-state index is 9.11. The molecule has 0 rings (SSSR count). The topological polar surface area (TPSA) is 20.2 Å². The van der Waals surface area contributed by atoms with Crippen LogP contribution >= 0.6 is 0 Å². The molecule has 1 nitrogen and oxygen atoms in total. The van der Waals surface area contributed by atoms with E-state index >= 15 is 0 Å². The van der Waals surface area contributed by atoms with Gasteiger partial charge in [0.2, 0.25) is 0 Å². The highest BCUT2D eigenvalue weighted by Crippen LogP contribution is 2.07. The smallest absolute Gasteiger partial charge is 0.0537 e. The molecule has 0 bridgehead atoms. The van der Waals surface area contributed by atoms with Crippen molar-refractivity contribution in [3.63, 3.8) is 0 Å². The van der Waals surface area contributed by atoms with E-state index in [4.69, 9.17) is 5.11 Å². The van der Waals surface area contributed by atoms with E-state index in [1.165, 1.54) is 0 Å². The lowest BCUT2D eigenvalue weighted by Gasteiger charge is -2.08. The number of aliphatic hydroxyl groups excluding tert-OH is 1. The lowest BCUT2D eigenvalue weighted by Crippen LogP contribution is -2.05. The van der Waals surface area contributed by atoms with Crippen LogP contribution in [0.1, 0.15) is 40.0 Å². The number of hydrogen-bond acceptors (Lipinski definition) is 1. The predicted octanol–water partition coefficient (Wildman–Crippen LogP) is 2.19. The third-order valence-corrected chi connectivity index (χ3v) is 1.55. The van der Waals surface area contributed by atoms with Crippen LogP contribution in [0.3, 0.4) is 0 Å². The minimum Gasteiger partial charge on any atom is -0.393 e. The molecule has 0 aliphatic rings. The van der Waals surface area contributed by atoms with E-state index in [0.717, 1.165) is 25.2 Å². The van der Waals surface area contributed by atoms with E-state index in [0.29, 0.717) is 0 Å². The molecular weight excluding hydrogens is 112 g/mol. The first-order valence-corrected chi connectivity index (χ1v) is 3.84. The molecule has 0 aliphatic carbocycles. The highest BCUT2D eigenvalue weighted by Gasteiger charge is 2.00. The van der Waals surface area contributed by atoms with E-state index in [2.05, 4.69) is 13.8 Å². The SMILES string of the molecule is CC[C@@H](O)CCC(C)C. The predicted molar refractivity (Wildman–Crippen MR) is 40.4 cm³/mol. The molecule has 0 amide bonds. The second-order valence-corrected chi connectivity index (χ2v) is 3.03. The minimum atomic E-state index is -0.0626. The summed E-state index contributed by atoms with van der Waals surface area (Å²) in [7, 11) is 0. The van der Waals surface area contributed by atoms with Crippen LogP contribution in [0.4, 0.5) is 0 Å². The van der Waals surface area contributed by atoms with Gasteiger partial charge in [-0.2, -0.15) is 0 Å². The zero-order valence-corrected chi connectivity index (χ0v) is 6.72. The van der Waals surface area contributed by atoms with E-state index in [-0.39, 0.29) is 6.10 Å². The quantitative estimate of drug-likeness (QED) is 0.618. The maximum atomic E-state index is 9.11. The summed E-state index contributed by atoms with van der Waals surface area (Å²) < 4.78 is 0. The second-order valence-electron chi connectivity index (χ2n) is 3.03. The molecule has 0 aromatic carbocycles. The van der Waals surface area contributed by atoms with E-state index in [1.54, 1.807) is 0 Å². The lowest BCUT2D eigenvalue weighted by molar-refractivity contribution is 0.152. The standard InChI is InChI=1S/C8H18O/c1-4-8(9)6-5-7(2)3/h7-9H,4-6H2,1-3H3/t8-/m1/s1. The first-order chi connectivity index (χ1) is 4.16. The number of aliphatic hydroxyl groups is 1. The van der Waals surface area contributed by atoms with Gasteiger partial charge < -0.3 is 5.11 Å². The van der Waals surface area contributed by atoms with Crippen molar-refractivity contribution in [2.45, 2.75) is 46.1 Å². The van der Waals surface area contributed by atoms with Gasteiger partial charge in [0.25, 0.3) is 0 Å². The molecule has 0 radical (unpaired) electrons. The Labute approximate surface area is 58.1 Å². The Kier molecular flexibility index (Phi) is 4.78. The average molecular weight is 130 g/mol. The summed E-state index contributed by atoms with van der Waals surface area (Å²) in [4.78, 5) is 0. The van der Waals surface area contributed by atoms with E-state index < -0.39 is 0 Å². The summed E-state index contributed by atoms with van der Waals surface area (Å²) in [5, 5.41) is 9.11. The molecule has 0 heterocycles. The zero-order valence-electron chi connectivity index (χ0n) is 6.72. The zero-order chi connectivity index (χ0) is 7.28. The summed E-state index contributed by atoms with van der Waals surface area (Å²) in [6.07, 6.45) is 2.95. The third kappa shape index (κ3) is 5.84. The largest absolute Gasteiger partial charge is 0.393 e. The molecule has 0 aromatic heterocycles. The van der Waals surface area contributed by atoms with Crippen molar-refractivity contribution < 1.29 is 5.11 Å². The van der Waals surface area contributed by atoms with Gasteiger partial charge in [0.05, 0.1) is 6.10 Å². The molecule has 9 heavy (non-hydrogen) atoms. The van der Waals surface area contributed by atoms with Crippen molar-refractivity contribution in [1.29, 1.82) is 0 Å². The fourth-order valence-electron chi connectivity index (χ4n) is 0.730. The van der Waals surface area contributed by atoms with Gasteiger partial charge in [-0.25, -0.2) is 0 Å². The molecule has 0 fully saturated rings. The van der Waals surface area contributed by atoms with Crippen LogP contribution in [0.25, 0.3) is 0 Å². The molecule has 0 aliphatic heterocycles. The second kappa shape index (κ2) is 4.80. The molecule has 0 unspecified atom stereocenters. The molecule has 0 spiro atoms. The molecule has 56 valence electrons. The Morgan fingerprint density at radius 1 is 1.22 bits per heavy atom. The molecule has 1 atom stereocenters. The van der Waals surface area contributed by atoms with Crippen LogP contribution in [-0.2, 0) is 0 Å². The Morgan fingerprint density at radius 2 is 1.78 bits per heavy atom. The number of rotatable bonds is 4. The molecule has 0 aromatic rings. The first kappa shape index (κ1) is 8.96. The van der Waals surface area contributed by atoms with Gasteiger partial charge in [0, 0.05) is 0 Å². The normalized spacial score (nSPS) is 14.3. The van der Waals surface area contributed by atoms with Crippen molar-refractivity contribution in [1.82, 2.24) is 0 Å². The van der Waals surface area contributed by atoms with Crippen molar-refractivity contribution in [2.75, 3.05) is 0 Å². The van der Waals surface area contributed by atoms with Gasteiger partial charge >= 0.3 is 0 Å². The highest BCUT2D eigenvalue weighted by atomic mass is 16.3. The highest BCUT2D eigenvalue weighted by molar-refractivity contribution is 4.53. The molecule has 0 saturated heterocycles. The summed E-state index contributed by atoms with van der Waals surface area (Å²) in [6, 6.07) is 0. The fraction of sp³-hybridized carbons (Fsp3) is 1.00. The van der Waals surface area contributed by atoms with Crippen molar-refractivity contribution in [2.24, 2.45) is 5.92 Å². The van der Waals surface area contributed by atoms with Crippen LogP contribution in [0.5, 0.6) is 0 Å². The molecular formula is C8H18O. The molecule has 1 N–H and O–H groups in total. The van der Waals surface area contributed by atoms with Gasteiger partial charge in [-0.1, -0.05) is 20.8 Å². The fourth-order valence-corrected chi connectivity index (χ4v) is 0.730. The number of hydrogen-bond donors (Lipinski definition) is 1. The van der Waals surface area contributed by atoms with Gasteiger partial charge in [-0.3, -0.25) is 0 Å². The third-order valence-electron chi connectivity index (χ3n) is 1.55. The summed E-state index contributed by atoms with van der Waals surface area (Å²) >= 11 is 0. The summed E-state index contributed by atoms with van der Waals surface area (Å²) in [5.74, 6) is 0.728. The Bertz CT molecular complexity index is 59.6. The monoisotopic (exact) mass is 130 g/mol. The van der Waals surface area contributed by atoms with Gasteiger partial charge in [0.15, 0.2) is 0 Å². The van der Waals surface area contributed by atoms with E-state index in [1.807, 2.05) is 6.92 Å². The Balaban J connectivity index is 3.06. The Hall–Kier alpha value is -0.0400. The molecule has 0 saturated carbocycles. The van der Waals surface area contributed by atoms with Crippen molar-refractivity contribution in [3.8, 4) is 0 Å². The van der Waals surface area contributed by atoms with Crippen molar-refractivity contribution >= 4 is 0 Å². The minimum absolute atomic E-state index is 0.0626. The summed E-state index contributed by atoms with van der Waals surface area (Å²) in [6.45, 7) is 6.38. The Morgan fingerprint density at radius 3 is 2.11 bits per heavy atom. The van der Waals surface area contributed by atoms with Crippen LogP contribution in [0.2, 0.25) is 0 Å². The first-order valence-electron chi connectivity index (χ1n) is 3.84. The van der Waals surface area contributed by atoms with Gasteiger partial charge in [-0.05, 0) is 25.2 Å². The van der Waals surface area contributed by atoms with Crippen LogP contribution in [0.15, 0.2) is 0 Å². The average Bonchev–Trinajstić information content (AvgIpc) is 1.83. The van der Waals surface area contributed by atoms with Crippen LogP contribution in [-0.4, -0.2) is 11.2 Å². The van der Waals surface area contributed by atoms with E-state index in [9.17, 15) is 0 Å². The van der Waals surface area contributed by atoms with Crippen LogP contribution in [0, 0.1) is 5.92 Å².